The Morgan fingerprint density at radius 1 is 0.969 bits per heavy atom. The molecule has 2 N–H and O–H groups in total. The smallest absolute Gasteiger partial charge is 0.251 e. The number of imidazole rings is 1. The third-order valence-electron chi connectivity index (χ3n) is 5.31. The summed E-state index contributed by atoms with van der Waals surface area (Å²) in [6.07, 6.45) is 0. The van der Waals surface area contributed by atoms with Gasteiger partial charge in [0.1, 0.15) is 5.82 Å². The number of hydrogen-bond acceptors (Lipinski definition) is 4. The van der Waals surface area contributed by atoms with Crippen molar-refractivity contribution in [2.45, 2.75) is 19.2 Å². The molecule has 1 amide bonds. The molecule has 32 heavy (non-hydrogen) atoms. The van der Waals surface area contributed by atoms with Crippen LogP contribution in [0.4, 0.5) is 0 Å². The maximum Gasteiger partial charge on any atom is 0.251 e. The lowest BCUT2D eigenvalue weighted by Crippen LogP contribution is -2.25. The summed E-state index contributed by atoms with van der Waals surface area (Å²) in [5.41, 5.74) is 4.57. The first kappa shape index (κ1) is 21.7. The Labute approximate surface area is 187 Å². The summed E-state index contributed by atoms with van der Waals surface area (Å²) in [5.74, 6) is 0.450. The highest BCUT2D eigenvalue weighted by atomic mass is 32.2. The molecule has 8 heteroatoms. The van der Waals surface area contributed by atoms with Gasteiger partial charge >= 0.3 is 0 Å². The van der Waals surface area contributed by atoms with Crippen molar-refractivity contribution in [2.75, 3.05) is 7.05 Å². The predicted molar refractivity (Wildman–Crippen MR) is 125 cm³/mol. The van der Waals surface area contributed by atoms with Gasteiger partial charge in [0.05, 0.1) is 16.8 Å². The molecule has 0 saturated heterocycles. The van der Waals surface area contributed by atoms with E-state index < -0.39 is 10.0 Å². The highest BCUT2D eigenvalue weighted by molar-refractivity contribution is 7.88. The lowest BCUT2D eigenvalue weighted by Gasteiger charge is -2.11. The average molecular weight is 449 g/mol. The number of rotatable bonds is 7. The quantitative estimate of drug-likeness (QED) is 0.454. The van der Waals surface area contributed by atoms with Crippen molar-refractivity contribution in [1.29, 1.82) is 0 Å². The number of para-hydroxylation sites is 1. The fourth-order valence-corrected chi connectivity index (χ4v) is 4.51. The van der Waals surface area contributed by atoms with Crippen molar-refractivity contribution in [3.8, 4) is 5.69 Å². The Kier molecular flexibility index (Phi) is 6.07. The zero-order valence-corrected chi connectivity index (χ0v) is 18.7. The second kappa shape index (κ2) is 8.94. The minimum absolute atomic E-state index is 0.141. The Hall–Kier alpha value is -3.49. The van der Waals surface area contributed by atoms with Gasteiger partial charge < -0.3 is 5.32 Å². The van der Waals surface area contributed by atoms with Gasteiger partial charge in [-0.25, -0.2) is 18.1 Å². The van der Waals surface area contributed by atoms with Crippen LogP contribution in [-0.4, -0.2) is 30.9 Å². The van der Waals surface area contributed by atoms with E-state index in [-0.39, 0.29) is 18.2 Å². The molecule has 0 aliphatic heterocycles. The van der Waals surface area contributed by atoms with Crippen LogP contribution < -0.4 is 10.0 Å². The second-order valence-corrected chi connectivity index (χ2v) is 9.37. The van der Waals surface area contributed by atoms with Gasteiger partial charge in [0.25, 0.3) is 5.91 Å². The van der Waals surface area contributed by atoms with Gasteiger partial charge in [-0.05, 0) is 55.4 Å². The molecule has 1 aromatic heterocycles. The maximum absolute atomic E-state index is 12.8. The molecule has 164 valence electrons. The van der Waals surface area contributed by atoms with Crippen molar-refractivity contribution in [3.63, 3.8) is 0 Å². The first-order valence-corrected chi connectivity index (χ1v) is 11.8. The largest absolute Gasteiger partial charge is 0.348 e. The fraction of sp³-hybridized carbons (Fsp3) is 0.167. The average Bonchev–Trinajstić information content (AvgIpc) is 3.13. The Morgan fingerprint density at radius 2 is 1.66 bits per heavy atom. The normalized spacial score (nSPS) is 11.6. The first-order valence-electron chi connectivity index (χ1n) is 10.2. The van der Waals surface area contributed by atoms with Gasteiger partial charge in [-0.2, -0.15) is 0 Å². The van der Waals surface area contributed by atoms with E-state index in [2.05, 4.69) is 19.6 Å². The molecule has 0 unspecified atom stereocenters. The molecular weight excluding hydrogens is 424 g/mol. The Morgan fingerprint density at radius 3 is 2.38 bits per heavy atom. The molecule has 0 atom stereocenters. The zero-order chi connectivity index (χ0) is 22.7. The summed E-state index contributed by atoms with van der Waals surface area (Å²) < 4.78 is 28.2. The molecule has 0 aliphatic rings. The minimum atomic E-state index is -3.41. The van der Waals surface area contributed by atoms with Crippen LogP contribution in [0, 0.1) is 6.92 Å². The van der Waals surface area contributed by atoms with E-state index in [0.29, 0.717) is 11.1 Å². The monoisotopic (exact) mass is 448 g/mol. The second-order valence-electron chi connectivity index (χ2n) is 7.45. The van der Waals surface area contributed by atoms with Crippen LogP contribution in [0.15, 0.2) is 72.8 Å². The van der Waals surface area contributed by atoms with E-state index in [4.69, 9.17) is 0 Å². The van der Waals surface area contributed by atoms with E-state index in [0.717, 1.165) is 28.1 Å². The molecule has 0 spiro atoms. The lowest BCUT2D eigenvalue weighted by atomic mass is 10.1. The number of nitrogens with one attached hydrogen (secondary N) is 2. The highest BCUT2D eigenvalue weighted by Crippen LogP contribution is 2.22. The maximum atomic E-state index is 12.8. The number of sulfonamides is 1. The molecule has 7 nitrogen and oxygen atoms in total. The van der Waals surface area contributed by atoms with Crippen LogP contribution in [0.5, 0.6) is 0 Å². The molecule has 1 heterocycles. The number of nitrogens with zero attached hydrogens (tertiary/aromatic N) is 2. The Balaban J connectivity index is 1.55. The predicted octanol–water partition coefficient (Wildman–Crippen LogP) is 3.31. The van der Waals surface area contributed by atoms with Gasteiger partial charge in [-0.3, -0.25) is 9.36 Å². The molecule has 0 aliphatic carbocycles. The number of aromatic nitrogens is 2. The fourth-order valence-electron chi connectivity index (χ4n) is 3.67. The summed E-state index contributed by atoms with van der Waals surface area (Å²) in [4.78, 5) is 17.4. The molecule has 0 radical (unpaired) electrons. The Bertz CT molecular complexity index is 1380. The summed E-state index contributed by atoms with van der Waals surface area (Å²) in [6.45, 7) is 2.16. The van der Waals surface area contributed by atoms with Crippen LogP contribution in [0.2, 0.25) is 0 Å². The third kappa shape index (κ3) is 4.56. The SMILES string of the molecule is CNS(=O)(=O)Cc1ccccc1CNC(=O)c1ccc2c(c1)nc(C)n2-c1ccccc1. The van der Waals surface area contributed by atoms with Crippen LogP contribution in [0.3, 0.4) is 0 Å². The van der Waals surface area contributed by atoms with E-state index in [1.54, 1.807) is 24.3 Å². The van der Waals surface area contributed by atoms with Gasteiger partial charge in [-0.15, -0.1) is 0 Å². The van der Waals surface area contributed by atoms with E-state index in [1.165, 1.54) is 7.05 Å². The van der Waals surface area contributed by atoms with Crippen LogP contribution in [-0.2, 0) is 22.3 Å². The van der Waals surface area contributed by atoms with E-state index in [1.807, 2.05) is 55.5 Å². The number of aryl methyl sites for hydroxylation is 1. The topological polar surface area (TPSA) is 93.1 Å². The van der Waals surface area contributed by atoms with Crippen LogP contribution in [0.1, 0.15) is 27.3 Å². The number of benzene rings is 3. The first-order chi connectivity index (χ1) is 15.4. The van der Waals surface area contributed by atoms with Gasteiger partial charge in [-0.1, -0.05) is 42.5 Å². The van der Waals surface area contributed by atoms with Crippen LogP contribution in [0.25, 0.3) is 16.7 Å². The van der Waals surface area contributed by atoms with Gasteiger partial charge in [0.2, 0.25) is 10.0 Å². The molecule has 3 aromatic carbocycles. The number of amides is 1. The van der Waals surface area contributed by atoms with Gasteiger partial charge in [0, 0.05) is 17.8 Å². The molecular formula is C24H24N4O3S. The minimum Gasteiger partial charge on any atom is -0.348 e. The number of carbonyl (C=O) groups excluding carboxylic acids is 1. The molecule has 0 saturated carbocycles. The van der Waals surface area contributed by atoms with E-state index in [9.17, 15) is 13.2 Å². The molecule has 4 aromatic rings. The summed E-state index contributed by atoms with van der Waals surface area (Å²) in [7, 11) is -2.02. The van der Waals surface area contributed by atoms with Crippen molar-refractivity contribution < 1.29 is 13.2 Å². The summed E-state index contributed by atoms with van der Waals surface area (Å²) >= 11 is 0. The summed E-state index contributed by atoms with van der Waals surface area (Å²) in [6, 6.07) is 22.6. The lowest BCUT2D eigenvalue weighted by molar-refractivity contribution is 0.0951. The number of hydrogen-bond donors (Lipinski definition) is 2. The van der Waals surface area contributed by atoms with Crippen molar-refractivity contribution in [1.82, 2.24) is 19.6 Å². The molecule has 4 rings (SSSR count). The number of carbonyl (C=O) groups is 1. The molecule has 0 fully saturated rings. The number of fused-ring (bicyclic) bond motifs is 1. The van der Waals surface area contributed by atoms with Crippen molar-refractivity contribution >= 4 is 27.0 Å². The van der Waals surface area contributed by atoms with E-state index >= 15 is 0 Å². The summed E-state index contributed by atoms with van der Waals surface area (Å²) in [5, 5.41) is 2.89. The standard InChI is InChI=1S/C24H24N4O3S/c1-17-27-22-14-18(12-13-23(22)28(17)21-10-4-3-5-11-21)24(29)26-15-19-8-6-7-9-20(19)16-32(30,31)25-2/h3-14,25H,15-16H2,1-2H3,(H,26,29). The van der Waals surface area contributed by atoms with Crippen molar-refractivity contribution in [3.05, 3.63) is 95.3 Å². The van der Waals surface area contributed by atoms with Crippen LogP contribution >= 0.6 is 0 Å². The molecule has 0 bridgehead atoms. The zero-order valence-electron chi connectivity index (χ0n) is 17.9. The third-order valence-corrected chi connectivity index (χ3v) is 6.63. The van der Waals surface area contributed by atoms with Gasteiger partial charge in [0.15, 0.2) is 0 Å². The van der Waals surface area contributed by atoms with Crippen molar-refractivity contribution in [2.24, 2.45) is 0 Å². The highest BCUT2D eigenvalue weighted by Gasteiger charge is 2.15.